The number of rotatable bonds is 4. The zero-order valence-corrected chi connectivity index (χ0v) is 13.9. The molecule has 27 heavy (non-hydrogen) atoms. The minimum absolute atomic E-state index is 0.0218. The summed E-state index contributed by atoms with van der Waals surface area (Å²) in [5.41, 5.74) is 3.74. The van der Waals surface area contributed by atoms with E-state index in [4.69, 9.17) is 5.73 Å². The van der Waals surface area contributed by atoms with Crippen LogP contribution in [-0.4, -0.2) is 15.7 Å². The molecule has 0 saturated heterocycles. The first-order valence-electron chi connectivity index (χ1n) is 7.89. The molecule has 0 spiro atoms. The van der Waals surface area contributed by atoms with Crippen molar-refractivity contribution in [3.05, 3.63) is 87.7 Å². The van der Waals surface area contributed by atoms with E-state index in [0.29, 0.717) is 11.1 Å². The average Bonchev–Trinajstić information content (AvgIpc) is 2.63. The van der Waals surface area contributed by atoms with Crippen LogP contribution in [0.2, 0.25) is 0 Å². The maximum atomic E-state index is 13.3. The smallest absolute Gasteiger partial charge is 0.366 e. The highest BCUT2D eigenvalue weighted by Gasteiger charge is 2.35. The Balaban J connectivity index is 2.13. The molecule has 0 atom stereocenters. The predicted octanol–water partition coefficient (Wildman–Crippen LogP) is 3.08. The van der Waals surface area contributed by atoms with Gasteiger partial charge in [-0.25, -0.2) is 4.68 Å². The molecule has 1 amide bonds. The molecule has 3 aromatic rings. The van der Waals surface area contributed by atoms with Crippen LogP contribution in [0.4, 0.5) is 13.2 Å². The molecule has 0 aliphatic rings. The van der Waals surface area contributed by atoms with Crippen LogP contribution in [0.3, 0.4) is 0 Å². The van der Waals surface area contributed by atoms with Gasteiger partial charge in [-0.15, -0.1) is 0 Å². The third kappa shape index (κ3) is 4.05. The number of aromatic nitrogens is 2. The number of amides is 1. The maximum Gasteiger partial charge on any atom is 0.421 e. The van der Waals surface area contributed by atoms with Gasteiger partial charge in [0.2, 0.25) is 5.91 Å². The van der Waals surface area contributed by atoms with Crippen molar-refractivity contribution >= 4 is 5.91 Å². The Morgan fingerprint density at radius 1 is 1.04 bits per heavy atom. The van der Waals surface area contributed by atoms with Gasteiger partial charge in [0.1, 0.15) is 5.56 Å². The lowest BCUT2D eigenvalue weighted by Gasteiger charge is -2.13. The van der Waals surface area contributed by atoms with Gasteiger partial charge in [-0.05, 0) is 23.8 Å². The van der Waals surface area contributed by atoms with E-state index in [2.05, 4.69) is 5.10 Å². The average molecular weight is 373 g/mol. The van der Waals surface area contributed by atoms with Gasteiger partial charge in [0.15, 0.2) is 0 Å². The van der Waals surface area contributed by atoms with Crippen molar-refractivity contribution in [2.45, 2.75) is 12.7 Å². The Morgan fingerprint density at radius 2 is 1.74 bits per heavy atom. The topological polar surface area (TPSA) is 78.0 Å². The standard InChI is InChI=1S/C19H14F3N3O2/c20-19(21,22)15-10-16(13-6-2-1-3-7-13)24-25(18(15)27)11-12-5-4-8-14(9-12)17(23)26/h1-10H,11H2,(H2,23,26). The van der Waals surface area contributed by atoms with E-state index in [1.54, 1.807) is 36.4 Å². The summed E-state index contributed by atoms with van der Waals surface area (Å²) in [4.78, 5) is 23.6. The van der Waals surface area contributed by atoms with Crippen molar-refractivity contribution in [3.8, 4) is 11.3 Å². The van der Waals surface area contributed by atoms with Gasteiger partial charge in [-0.2, -0.15) is 18.3 Å². The molecular formula is C19H14F3N3O2. The molecule has 0 aliphatic heterocycles. The van der Waals surface area contributed by atoms with Gasteiger partial charge < -0.3 is 5.73 Å². The Morgan fingerprint density at radius 3 is 2.37 bits per heavy atom. The van der Waals surface area contributed by atoms with Crippen molar-refractivity contribution in [3.63, 3.8) is 0 Å². The largest absolute Gasteiger partial charge is 0.421 e. The van der Waals surface area contributed by atoms with Crippen LogP contribution in [-0.2, 0) is 12.7 Å². The molecule has 5 nitrogen and oxygen atoms in total. The molecule has 3 rings (SSSR count). The van der Waals surface area contributed by atoms with Gasteiger partial charge in [0.25, 0.3) is 5.56 Å². The third-order valence-corrected chi connectivity index (χ3v) is 3.89. The van der Waals surface area contributed by atoms with Crippen molar-refractivity contribution in [2.24, 2.45) is 5.73 Å². The quantitative estimate of drug-likeness (QED) is 0.763. The van der Waals surface area contributed by atoms with Crippen molar-refractivity contribution in [1.29, 1.82) is 0 Å². The fraction of sp³-hybridized carbons (Fsp3) is 0.105. The van der Waals surface area contributed by atoms with E-state index in [0.717, 1.165) is 10.7 Å². The van der Waals surface area contributed by atoms with Crippen LogP contribution in [0.15, 0.2) is 65.5 Å². The molecule has 1 aromatic heterocycles. The van der Waals surface area contributed by atoms with Gasteiger partial charge >= 0.3 is 6.18 Å². The molecule has 0 saturated carbocycles. The third-order valence-electron chi connectivity index (χ3n) is 3.89. The molecule has 0 radical (unpaired) electrons. The van der Waals surface area contributed by atoms with E-state index in [1.165, 1.54) is 18.2 Å². The number of hydrogen-bond donors (Lipinski definition) is 1. The summed E-state index contributed by atoms with van der Waals surface area (Å²) in [6, 6.07) is 15.0. The first kappa shape index (κ1) is 18.4. The molecule has 2 N–H and O–H groups in total. The molecule has 8 heteroatoms. The van der Waals surface area contributed by atoms with Crippen molar-refractivity contribution < 1.29 is 18.0 Å². The van der Waals surface area contributed by atoms with Crippen LogP contribution < -0.4 is 11.3 Å². The number of carbonyl (C=O) groups is 1. The summed E-state index contributed by atoms with van der Waals surface area (Å²) in [6.07, 6.45) is -4.82. The van der Waals surface area contributed by atoms with Gasteiger partial charge in [0.05, 0.1) is 12.2 Å². The van der Waals surface area contributed by atoms with Crippen LogP contribution in [0.25, 0.3) is 11.3 Å². The van der Waals surface area contributed by atoms with Crippen LogP contribution in [0.5, 0.6) is 0 Å². The zero-order chi connectivity index (χ0) is 19.6. The molecule has 0 aliphatic carbocycles. The normalized spacial score (nSPS) is 11.4. The fourth-order valence-corrected chi connectivity index (χ4v) is 2.60. The number of halogens is 3. The van der Waals surface area contributed by atoms with E-state index in [-0.39, 0.29) is 17.8 Å². The second-order valence-corrected chi connectivity index (χ2v) is 5.83. The van der Waals surface area contributed by atoms with E-state index in [9.17, 15) is 22.8 Å². The second kappa shape index (κ2) is 7.06. The van der Waals surface area contributed by atoms with Crippen molar-refractivity contribution in [1.82, 2.24) is 9.78 Å². The first-order chi connectivity index (χ1) is 12.8. The summed E-state index contributed by atoms with van der Waals surface area (Å²) in [7, 11) is 0. The Labute approximate surface area is 151 Å². The Hall–Kier alpha value is -3.42. The van der Waals surface area contributed by atoms with Crippen LogP contribution in [0, 0.1) is 0 Å². The molecule has 2 aromatic carbocycles. The molecule has 0 bridgehead atoms. The van der Waals surface area contributed by atoms with Gasteiger partial charge in [0, 0.05) is 11.1 Å². The van der Waals surface area contributed by atoms with E-state index < -0.39 is 23.2 Å². The van der Waals surface area contributed by atoms with Gasteiger partial charge in [-0.1, -0.05) is 42.5 Å². The lowest BCUT2D eigenvalue weighted by atomic mass is 10.1. The number of nitrogens with two attached hydrogens (primary N) is 1. The highest BCUT2D eigenvalue weighted by Crippen LogP contribution is 2.29. The van der Waals surface area contributed by atoms with Crippen molar-refractivity contribution in [2.75, 3.05) is 0 Å². The minimum atomic E-state index is -4.82. The zero-order valence-electron chi connectivity index (χ0n) is 13.9. The number of carbonyl (C=O) groups excluding carboxylic acids is 1. The SMILES string of the molecule is NC(=O)c1cccc(Cn2nc(-c3ccccc3)cc(C(F)(F)F)c2=O)c1. The fourth-order valence-electron chi connectivity index (χ4n) is 2.60. The number of hydrogen-bond acceptors (Lipinski definition) is 3. The highest BCUT2D eigenvalue weighted by molar-refractivity contribution is 5.92. The van der Waals surface area contributed by atoms with Gasteiger partial charge in [-0.3, -0.25) is 9.59 Å². The molecular weight excluding hydrogens is 359 g/mol. The number of alkyl halides is 3. The summed E-state index contributed by atoms with van der Waals surface area (Å²) >= 11 is 0. The Kier molecular flexibility index (Phi) is 4.81. The summed E-state index contributed by atoms with van der Waals surface area (Å²) < 4.78 is 40.7. The van der Waals surface area contributed by atoms with E-state index >= 15 is 0 Å². The summed E-state index contributed by atoms with van der Waals surface area (Å²) in [6.45, 7) is -0.232. The Bertz CT molecular complexity index is 1040. The highest BCUT2D eigenvalue weighted by atomic mass is 19.4. The minimum Gasteiger partial charge on any atom is -0.366 e. The molecule has 1 heterocycles. The summed E-state index contributed by atoms with van der Waals surface area (Å²) in [5, 5.41) is 4.07. The monoisotopic (exact) mass is 373 g/mol. The number of nitrogens with zero attached hydrogens (tertiary/aromatic N) is 2. The molecule has 0 fully saturated rings. The lowest BCUT2D eigenvalue weighted by Crippen LogP contribution is -2.31. The second-order valence-electron chi connectivity index (χ2n) is 5.83. The van der Waals surface area contributed by atoms with E-state index in [1.807, 2.05) is 0 Å². The van der Waals surface area contributed by atoms with Crippen LogP contribution in [0.1, 0.15) is 21.5 Å². The summed E-state index contributed by atoms with van der Waals surface area (Å²) in [5.74, 6) is -0.675. The maximum absolute atomic E-state index is 13.3. The van der Waals surface area contributed by atoms with Crippen LogP contribution >= 0.6 is 0 Å². The molecule has 0 unspecified atom stereocenters. The molecule has 138 valence electrons. The number of benzene rings is 2. The first-order valence-corrected chi connectivity index (χ1v) is 7.89. The lowest BCUT2D eigenvalue weighted by molar-refractivity contribution is -0.139. The number of primary amides is 1. The predicted molar refractivity (Wildman–Crippen MR) is 93.0 cm³/mol.